The van der Waals surface area contributed by atoms with E-state index in [0.29, 0.717) is 17.7 Å². The first-order valence-corrected chi connectivity index (χ1v) is 9.76. The maximum absolute atomic E-state index is 12.2. The molecule has 1 aliphatic heterocycles. The van der Waals surface area contributed by atoms with Crippen LogP contribution in [0.2, 0.25) is 0 Å². The van der Waals surface area contributed by atoms with E-state index in [0.717, 1.165) is 5.56 Å². The minimum absolute atomic E-state index is 0.0251. The van der Waals surface area contributed by atoms with Gasteiger partial charge in [-0.3, -0.25) is 10.2 Å². The molecule has 0 fully saturated rings. The van der Waals surface area contributed by atoms with Crippen molar-refractivity contribution in [2.75, 3.05) is 13.2 Å². The van der Waals surface area contributed by atoms with Crippen molar-refractivity contribution < 1.29 is 29.1 Å². The Balaban J connectivity index is 1.78. The van der Waals surface area contributed by atoms with Crippen molar-refractivity contribution in [2.24, 2.45) is 16.8 Å². The van der Waals surface area contributed by atoms with E-state index in [-0.39, 0.29) is 31.3 Å². The number of nitrogens with one attached hydrogen (secondary N) is 3. The van der Waals surface area contributed by atoms with E-state index in [1.807, 2.05) is 13.8 Å². The van der Waals surface area contributed by atoms with E-state index in [9.17, 15) is 19.5 Å². The fourth-order valence-corrected chi connectivity index (χ4v) is 2.67. The summed E-state index contributed by atoms with van der Waals surface area (Å²) in [5.41, 5.74) is 7.48. The normalized spacial score (nSPS) is 16.1. The van der Waals surface area contributed by atoms with Gasteiger partial charge in [-0.2, -0.15) is 0 Å². The zero-order chi connectivity index (χ0) is 23.0. The van der Waals surface area contributed by atoms with Crippen LogP contribution in [0.4, 0.5) is 4.79 Å². The van der Waals surface area contributed by atoms with Crippen LogP contribution in [0.15, 0.2) is 29.4 Å². The molecule has 0 aliphatic carbocycles. The first-order chi connectivity index (χ1) is 14.7. The zero-order valence-electron chi connectivity index (χ0n) is 17.4. The molecule has 0 aromatic heterocycles. The van der Waals surface area contributed by atoms with Gasteiger partial charge in [-0.25, -0.2) is 9.59 Å². The first kappa shape index (κ1) is 23.6. The number of carbonyl (C=O) groups excluding carboxylic acids is 2. The molecule has 2 atom stereocenters. The third kappa shape index (κ3) is 7.61. The predicted molar refractivity (Wildman–Crippen MR) is 112 cm³/mol. The number of carboxylic acids is 1. The number of amides is 2. The summed E-state index contributed by atoms with van der Waals surface area (Å²) in [6, 6.07) is 5.61. The molecule has 1 aromatic rings. The summed E-state index contributed by atoms with van der Waals surface area (Å²) in [4.78, 5) is 40.4. The van der Waals surface area contributed by atoms with E-state index in [1.165, 1.54) is 0 Å². The zero-order valence-corrected chi connectivity index (χ0v) is 17.4. The molecule has 2 rings (SSSR count). The van der Waals surface area contributed by atoms with Crippen LogP contribution in [0.5, 0.6) is 0 Å². The Morgan fingerprint density at radius 2 is 2.00 bits per heavy atom. The van der Waals surface area contributed by atoms with Gasteiger partial charge < -0.3 is 31.0 Å². The molecule has 0 spiro atoms. The van der Waals surface area contributed by atoms with Gasteiger partial charge in [-0.1, -0.05) is 43.3 Å². The average molecular weight is 433 g/mol. The maximum atomic E-state index is 12.2. The summed E-state index contributed by atoms with van der Waals surface area (Å²) in [7, 11) is 0. The highest BCUT2D eigenvalue weighted by Crippen LogP contribution is 2.19. The van der Waals surface area contributed by atoms with Crippen LogP contribution < -0.4 is 16.4 Å². The average Bonchev–Trinajstić information content (AvgIpc) is 3.17. The fourth-order valence-electron chi connectivity index (χ4n) is 2.67. The predicted octanol–water partition coefficient (Wildman–Crippen LogP) is 0.805. The molecule has 0 bridgehead atoms. The van der Waals surface area contributed by atoms with Crippen LogP contribution >= 0.6 is 0 Å². The number of nitrogens with zero attached hydrogens (tertiary/aromatic N) is 1. The fraction of sp³-hybridized carbons (Fsp3) is 0.450. The lowest BCUT2D eigenvalue weighted by molar-refractivity contribution is -0.139. The summed E-state index contributed by atoms with van der Waals surface area (Å²) >= 11 is 0. The molecule has 11 nitrogen and oxygen atoms in total. The SMILES string of the molecule is CC(C)COC(=O)N[C@@H](CNC(=O)CC1CC(c2ccc(C(=N)N)cc2)=NO1)C(=O)O. The van der Waals surface area contributed by atoms with Gasteiger partial charge in [-0.05, 0) is 11.5 Å². The number of rotatable bonds is 10. The number of carbonyl (C=O) groups is 3. The summed E-state index contributed by atoms with van der Waals surface area (Å²) in [5, 5.41) is 25.3. The lowest BCUT2D eigenvalue weighted by Gasteiger charge is -2.16. The van der Waals surface area contributed by atoms with E-state index >= 15 is 0 Å². The number of benzene rings is 1. The van der Waals surface area contributed by atoms with E-state index < -0.39 is 30.1 Å². The second-order valence-corrected chi connectivity index (χ2v) is 7.50. The molecular formula is C20H27N5O6. The standard InChI is InChI=1S/C20H27N5O6/c1-11(2)10-30-20(29)24-16(19(27)28)9-23-17(26)8-14-7-15(25-31-14)12-3-5-13(6-4-12)18(21)22/h3-6,11,14,16H,7-10H2,1-2H3,(H3,21,22)(H,23,26)(H,24,29)(H,27,28)/t14?,16-/m0/s1. The van der Waals surface area contributed by atoms with Crippen molar-refractivity contribution in [1.82, 2.24) is 10.6 Å². The van der Waals surface area contributed by atoms with Crippen LogP contribution in [0, 0.1) is 11.3 Å². The number of nitrogens with two attached hydrogens (primary N) is 1. The van der Waals surface area contributed by atoms with Gasteiger partial charge in [0.2, 0.25) is 5.91 Å². The Kier molecular flexibility index (Phi) is 8.35. The van der Waals surface area contributed by atoms with Gasteiger partial charge in [0.25, 0.3) is 0 Å². The number of hydrogen-bond acceptors (Lipinski definition) is 7. The summed E-state index contributed by atoms with van der Waals surface area (Å²) in [5.74, 6) is -1.65. The lowest BCUT2D eigenvalue weighted by atomic mass is 10.0. The van der Waals surface area contributed by atoms with Crippen molar-refractivity contribution in [1.29, 1.82) is 5.41 Å². The number of aliphatic carboxylic acids is 1. The molecular weight excluding hydrogens is 406 g/mol. The third-order valence-electron chi connectivity index (χ3n) is 4.32. The minimum atomic E-state index is -1.32. The van der Waals surface area contributed by atoms with E-state index in [2.05, 4.69) is 15.8 Å². The molecule has 11 heteroatoms. The highest BCUT2D eigenvalue weighted by molar-refractivity contribution is 6.02. The number of oxime groups is 1. The Morgan fingerprint density at radius 3 is 2.58 bits per heavy atom. The number of amidine groups is 1. The Hall–Kier alpha value is -3.63. The van der Waals surface area contributed by atoms with E-state index in [4.69, 9.17) is 20.7 Å². The van der Waals surface area contributed by atoms with Gasteiger partial charge >= 0.3 is 12.1 Å². The molecule has 0 radical (unpaired) electrons. The lowest BCUT2D eigenvalue weighted by Crippen LogP contribution is -2.49. The second kappa shape index (κ2) is 11.0. The molecule has 31 heavy (non-hydrogen) atoms. The third-order valence-corrected chi connectivity index (χ3v) is 4.32. The van der Waals surface area contributed by atoms with Gasteiger partial charge in [-0.15, -0.1) is 0 Å². The van der Waals surface area contributed by atoms with Crippen LogP contribution in [-0.4, -0.2) is 59.9 Å². The molecule has 0 saturated heterocycles. The molecule has 1 aliphatic rings. The van der Waals surface area contributed by atoms with Crippen molar-refractivity contribution in [3.8, 4) is 0 Å². The van der Waals surface area contributed by atoms with Crippen LogP contribution in [0.3, 0.4) is 0 Å². The molecule has 168 valence electrons. The van der Waals surface area contributed by atoms with Gasteiger partial charge in [0.1, 0.15) is 18.0 Å². The van der Waals surface area contributed by atoms with Crippen molar-refractivity contribution >= 4 is 29.5 Å². The quantitative estimate of drug-likeness (QED) is 0.268. The van der Waals surface area contributed by atoms with E-state index in [1.54, 1.807) is 24.3 Å². The summed E-state index contributed by atoms with van der Waals surface area (Å²) < 4.78 is 4.89. The molecule has 1 aromatic carbocycles. The number of hydrogen-bond donors (Lipinski definition) is 5. The topological polar surface area (TPSA) is 176 Å². The van der Waals surface area contributed by atoms with Crippen LogP contribution in [0.1, 0.15) is 37.8 Å². The van der Waals surface area contributed by atoms with Crippen molar-refractivity contribution in [3.05, 3.63) is 35.4 Å². The monoisotopic (exact) mass is 433 g/mol. The van der Waals surface area contributed by atoms with Crippen LogP contribution in [-0.2, 0) is 19.2 Å². The number of alkyl carbamates (subject to hydrolysis) is 1. The maximum Gasteiger partial charge on any atom is 0.407 e. The smallest absolute Gasteiger partial charge is 0.407 e. The van der Waals surface area contributed by atoms with Gasteiger partial charge in [0.15, 0.2) is 0 Å². The molecule has 0 saturated carbocycles. The summed E-state index contributed by atoms with van der Waals surface area (Å²) in [6.07, 6.45) is -0.976. The highest BCUT2D eigenvalue weighted by Gasteiger charge is 2.26. The minimum Gasteiger partial charge on any atom is -0.480 e. The molecule has 1 heterocycles. The Morgan fingerprint density at radius 1 is 1.32 bits per heavy atom. The Bertz CT molecular complexity index is 852. The van der Waals surface area contributed by atoms with Crippen molar-refractivity contribution in [3.63, 3.8) is 0 Å². The van der Waals surface area contributed by atoms with Gasteiger partial charge in [0, 0.05) is 18.5 Å². The number of carboxylic acid groups (broad SMARTS) is 1. The first-order valence-electron chi connectivity index (χ1n) is 9.76. The summed E-state index contributed by atoms with van der Waals surface area (Å²) in [6.45, 7) is 3.56. The Labute approximate surface area is 179 Å². The van der Waals surface area contributed by atoms with Crippen molar-refractivity contribution in [2.45, 2.75) is 38.8 Å². The molecule has 2 amide bonds. The number of ether oxygens (including phenoxy) is 1. The largest absolute Gasteiger partial charge is 0.480 e. The van der Waals surface area contributed by atoms with Gasteiger partial charge in [0.05, 0.1) is 18.7 Å². The number of nitrogen functional groups attached to an aromatic ring is 1. The van der Waals surface area contributed by atoms with Crippen LogP contribution in [0.25, 0.3) is 0 Å². The molecule has 6 N–H and O–H groups in total. The second-order valence-electron chi connectivity index (χ2n) is 7.50. The highest BCUT2D eigenvalue weighted by atomic mass is 16.6. The molecule has 1 unspecified atom stereocenters.